The molecule has 2 heterocycles. The van der Waals surface area contributed by atoms with Crippen molar-refractivity contribution < 1.29 is 43.2 Å². The molecule has 0 saturated heterocycles. The van der Waals surface area contributed by atoms with Gasteiger partial charge in [0.1, 0.15) is 18.5 Å². The minimum atomic E-state index is -1.32. The van der Waals surface area contributed by atoms with Crippen LogP contribution in [0.4, 0.5) is 0 Å². The molecular weight excluding hydrogens is 757 g/mol. The van der Waals surface area contributed by atoms with Gasteiger partial charge in [-0.2, -0.15) is 0 Å². The van der Waals surface area contributed by atoms with Crippen molar-refractivity contribution in [3.05, 3.63) is 99.0 Å². The summed E-state index contributed by atoms with van der Waals surface area (Å²) >= 11 is 2.01. The van der Waals surface area contributed by atoms with Crippen molar-refractivity contribution in [2.45, 2.75) is 31.1 Å². The molecule has 0 radical (unpaired) electrons. The van der Waals surface area contributed by atoms with E-state index in [1.54, 1.807) is 24.3 Å². The molecule has 260 valence electrons. The third kappa shape index (κ3) is 7.20. The average Bonchev–Trinajstić information content (AvgIpc) is 3.76. The van der Waals surface area contributed by atoms with Gasteiger partial charge in [0.15, 0.2) is 28.6 Å². The lowest BCUT2D eigenvalue weighted by atomic mass is 9.87. The first-order valence-electron chi connectivity index (χ1n) is 16.0. The molecule has 3 atom stereocenters. The summed E-state index contributed by atoms with van der Waals surface area (Å²) in [6, 6.07) is 19.0. The lowest BCUT2D eigenvalue weighted by molar-refractivity contribution is -0.118. The summed E-state index contributed by atoms with van der Waals surface area (Å²) in [5.74, 6) is 0.0475. The lowest BCUT2D eigenvalue weighted by Gasteiger charge is -2.40. The quantitative estimate of drug-likeness (QED) is 0.0983. The van der Waals surface area contributed by atoms with Crippen molar-refractivity contribution in [2.24, 2.45) is 0 Å². The zero-order chi connectivity index (χ0) is 35.4. The van der Waals surface area contributed by atoms with E-state index in [2.05, 4.69) is 10.3 Å². The van der Waals surface area contributed by atoms with Gasteiger partial charge in [-0.3, -0.25) is 14.4 Å². The van der Waals surface area contributed by atoms with Crippen LogP contribution in [0.25, 0.3) is 21.9 Å². The number of aliphatic hydroxyl groups excluding tert-OH is 2. The van der Waals surface area contributed by atoms with Gasteiger partial charge in [0, 0.05) is 53.7 Å². The van der Waals surface area contributed by atoms with Crippen molar-refractivity contribution in [1.29, 1.82) is 0 Å². The first-order valence-corrected chi connectivity index (χ1v) is 17.0. The third-order valence-corrected chi connectivity index (χ3v) is 9.47. The zero-order valence-electron chi connectivity index (χ0n) is 27.4. The van der Waals surface area contributed by atoms with Crippen LogP contribution in [0.3, 0.4) is 0 Å². The molecule has 6 rings (SSSR count). The van der Waals surface area contributed by atoms with Crippen molar-refractivity contribution in [3.63, 3.8) is 0 Å². The van der Waals surface area contributed by atoms with E-state index in [4.69, 9.17) is 18.6 Å². The Morgan fingerprint density at radius 3 is 2.58 bits per heavy atom. The van der Waals surface area contributed by atoms with Crippen LogP contribution in [0, 0.1) is 3.57 Å². The van der Waals surface area contributed by atoms with E-state index in [0.29, 0.717) is 38.6 Å². The predicted octanol–water partition coefficient (Wildman–Crippen LogP) is 4.65. The molecule has 13 heteroatoms. The monoisotopic (exact) mass is 793 g/mol. The fraction of sp³-hybridized carbons (Fsp3) is 0.270. The smallest absolute Gasteiger partial charge is 0.289 e. The highest BCUT2D eigenvalue weighted by Gasteiger charge is 2.42. The number of fused-ring (bicyclic) bond motifs is 2. The Balaban J connectivity index is 1.40. The molecule has 3 unspecified atom stereocenters. The first-order chi connectivity index (χ1) is 24.2. The van der Waals surface area contributed by atoms with Crippen LogP contribution in [-0.2, 0) is 11.2 Å². The standard InChI is InChI=1S/C37H36IN3O9/c1-47-29-9-5-7-23-18-32(50-34(23)29)37(46)41(12-10-25-16-22-6-3-4-8-27(22)40-25)28-17-24(36(45)39-11-13-42)19-30(33(28)44)49-35-26(38)14-21(20-43)15-31(35)48-2/h3-9,14-16,18-20,28,30,33,40,42,44H,10-13,17H2,1-2H3,(H,39,45). The molecule has 0 fully saturated rings. The highest BCUT2D eigenvalue weighted by Crippen LogP contribution is 2.37. The highest BCUT2D eigenvalue weighted by molar-refractivity contribution is 14.1. The first kappa shape index (κ1) is 35.0. The number of aromatic amines is 1. The molecule has 0 aliphatic heterocycles. The summed E-state index contributed by atoms with van der Waals surface area (Å²) in [7, 11) is 2.95. The van der Waals surface area contributed by atoms with Gasteiger partial charge < -0.3 is 44.0 Å². The van der Waals surface area contributed by atoms with Crippen LogP contribution < -0.4 is 19.5 Å². The average molecular weight is 794 g/mol. The number of halogens is 1. The van der Waals surface area contributed by atoms with Crippen LogP contribution in [0.15, 0.2) is 82.8 Å². The van der Waals surface area contributed by atoms with Gasteiger partial charge in [-0.15, -0.1) is 0 Å². The number of aliphatic hydroxyl groups is 2. The van der Waals surface area contributed by atoms with E-state index < -0.39 is 30.1 Å². The second-order valence-electron chi connectivity index (χ2n) is 11.8. The number of ether oxygens (including phenoxy) is 3. The topological polar surface area (TPSA) is 164 Å². The van der Waals surface area contributed by atoms with E-state index in [1.807, 2.05) is 59.0 Å². The van der Waals surface area contributed by atoms with Gasteiger partial charge >= 0.3 is 0 Å². The number of rotatable bonds is 13. The maximum Gasteiger partial charge on any atom is 0.289 e. The predicted molar refractivity (Wildman–Crippen MR) is 194 cm³/mol. The SMILES string of the molecule is COc1cc(C=O)cc(I)c1OC1C=C(C(=O)NCCO)CC(N(CCc2cc3ccccc3[nH]2)C(=O)c2cc3cccc(OC)c3o2)C1O. The number of amides is 2. The van der Waals surface area contributed by atoms with Gasteiger partial charge in [0.25, 0.3) is 5.91 Å². The molecule has 0 spiro atoms. The number of nitrogens with zero attached hydrogens (tertiary/aromatic N) is 1. The minimum Gasteiger partial charge on any atom is -0.493 e. The Labute approximate surface area is 301 Å². The van der Waals surface area contributed by atoms with Gasteiger partial charge in [0.05, 0.1) is 30.4 Å². The number of aldehydes is 1. The van der Waals surface area contributed by atoms with E-state index >= 15 is 0 Å². The van der Waals surface area contributed by atoms with Crippen LogP contribution in [0.5, 0.6) is 17.2 Å². The number of aromatic nitrogens is 1. The molecule has 4 N–H and O–H groups in total. The second kappa shape index (κ2) is 15.4. The Morgan fingerprint density at radius 2 is 1.84 bits per heavy atom. The number of hydrogen-bond acceptors (Lipinski definition) is 9. The second-order valence-corrected chi connectivity index (χ2v) is 12.9. The number of carbonyl (C=O) groups is 3. The molecule has 50 heavy (non-hydrogen) atoms. The van der Waals surface area contributed by atoms with E-state index in [1.165, 1.54) is 31.3 Å². The Kier molecular flexibility index (Phi) is 10.7. The molecule has 1 aliphatic carbocycles. The number of hydrogen-bond donors (Lipinski definition) is 4. The summed E-state index contributed by atoms with van der Waals surface area (Å²) in [6.45, 7) is -0.111. The van der Waals surface area contributed by atoms with Gasteiger partial charge in [-0.1, -0.05) is 30.3 Å². The Hall–Kier alpha value is -4.86. The molecular formula is C37H36IN3O9. The number of para-hydroxylation sites is 2. The summed E-state index contributed by atoms with van der Waals surface area (Å²) in [6.07, 6.45) is 0.150. The van der Waals surface area contributed by atoms with Crippen LogP contribution in [0.1, 0.15) is 33.0 Å². The normalized spacial score (nSPS) is 17.3. The number of carbonyl (C=O) groups excluding carboxylic acids is 3. The van der Waals surface area contributed by atoms with Crippen molar-refractivity contribution in [1.82, 2.24) is 15.2 Å². The van der Waals surface area contributed by atoms with Crippen LogP contribution >= 0.6 is 22.6 Å². The number of nitrogens with one attached hydrogen (secondary N) is 2. The van der Waals surface area contributed by atoms with Crippen LogP contribution in [-0.4, -0.2) is 90.4 Å². The van der Waals surface area contributed by atoms with Crippen LogP contribution in [0.2, 0.25) is 0 Å². The molecule has 3 aromatic carbocycles. The lowest BCUT2D eigenvalue weighted by Crippen LogP contribution is -2.55. The molecule has 2 aromatic heterocycles. The van der Waals surface area contributed by atoms with E-state index in [-0.39, 0.29) is 48.9 Å². The summed E-state index contributed by atoms with van der Waals surface area (Å²) in [5, 5.41) is 25.8. The molecule has 12 nitrogen and oxygen atoms in total. The zero-order valence-corrected chi connectivity index (χ0v) is 29.5. The number of methoxy groups -OCH3 is 2. The largest absolute Gasteiger partial charge is 0.493 e. The van der Waals surface area contributed by atoms with E-state index in [9.17, 15) is 24.6 Å². The van der Waals surface area contributed by atoms with Gasteiger partial charge in [-0.05, 0) is 70.5 Å². The fourth-order valence-corrected chi connectivity index (χ4v) is 6.96. The highest BCUT2D eigenvalue weighted by atomic mass is 127. The summed E-state index contributed by atoms with van der Waals surface area (Å²) < 4.78 is 23.9. The molecule has 2 amide bonds. The van der Waals surface area contributed by atoms with E-state index in [0.717, 1.165) is 16.6 Å². The summed E-state index contributed by atoms with van der Waals surface area (Å²) in [5.41, 5.74) is 2.86. The third-order valence-electron chi connectivity index (χ3n) is 8.66. The Bertz CT molecular complexity index is 2040. The molecule has 1 aliphatic rings. The molecule has 0 saturated carbocycles. The molecule has 5 aromatic rings. The van der Waals surface area contributed by atoms with Crippen molar-refractivity contribution in [2.75, 3.05) is 33.9 Å². The maximum atomic E-state index is 14.5. The van der Waals surface area contributed by atoms with Gasteiger partial charge in [-0.25, -0.2) is 0 Å². The van der Waals surface area contributed by atoms with Gasteiger partial charge in [0.2, 0.25) is 5.91 Å². The Morgan fingerprint density at radius 1 is 1.06 bits per heavy atom. The van der Waals surface area contributed by atoms with Crippen molar-refractivity contribution in [3.8, 4) is 17.2 Å². The van der Waals surface area contributed by atoms with Crippen molar-refractivity contribution >= 4 is 62.6 Å². The summed E-state index contributed by atoms with van der Waals surface area (Å²) in [4.78, 5) is 44.3. The number of H-pyrrole nitrogens is 1. The fourth-order valence-electron chi connectivity index (χ4n) is 6.21. The number of furan rings is 1. The maximum absolute atomic E-state index is 14.5. The number of benzene rings is 3. The molecule has 0 bridgehead atoms. The minimum absolute atomic E-state index is 0.0115.